The maximum absolute atomic E-state index is 0. The summed E-state index contributed by atoms with van der Waals surface area (Å²) in [5, 5.41) is 0. The van der Waals surface area contributed by atoms with Crippen molar-refractivity contribution in [2.45, 2.75) is 0 Å². The Hall–Kier alpha value is 2.99. The van der Waals surface area contributed by atoms with Crippen LogP contribution in [0.4, 0.5) is 0 Å². The molecule has 4 heteroatoms. The van der Waals surface area contributed by atoms with Gasteiger partial charge in [0.1, 0.15) is 0 Å². The minimum Gasteiger partial charge on any atom is 0 e. The van der Waals surface area contributed by atoms with E-state index in [4.69, 9.17) is 0 Å². The zero-order valence-electron chi connectivity index (χ0n) is 2.05. The van der Waals surface area contributed by atoms with Gasteiger partial charge in [-0.2, -0.15) is 0 Å². The van der Waals surface area contributed by atoms with Crippen LogP contribution in [0.5, 0.6) is 0 Å². The molecule has 0 atom stereocenters. The first-order valence-corrected chi connectivity index (χ1v) is 0. The van der Waals surface area contributed by atoms with Gasteiger partial charge < -0.3 is 0 Å². The summed E-state index contributed by atoms with van der Waals surface area (Å²) in [6, 6.07) is 0. The molecule has 0 aromatic rings. The molecule has 5 radical (unpaired) electrons. The smallest absolute Gasteiger partial charge is 0 e. The maximum Gasteiger partial charge on any atom is 0 e. The molecule has 4 heavy (non-hydrogen) atoms. The molecule has 0 bridgehead atoms. The molecule has 0 aromatic heterocycles. The molecule has 0 nitrogen and oxygen atoms in total. The molecular formula is BiNbTaZn. The normalized spacial score (nSPS) is 0. The first-order chi connectivity index (χ1) is 0. The van der Waals surface area contributed by atoms with Crippen LogP contribution in [0.3, 0.4) is 0 Å². The van der Waals surface area contributed by atoms with Gasteiger partial charge in [0.15, 0.2) is 0 Å². The molecule has 0 aliphatic rings. The Bertz CT molecular complexity index is 8.00. The van der Waals surface area contributed by atoms with E-state index in [9.17, 15) is 0 Å². The largest absolute Gasteiger partial charge is 0 e. The fourth-order valence-electron chi connectivity index (χ4n) is 0. The van der Waals surface area contributed by atoms with Crippen molar-refractivity contribution in [2.75, 3.05) is 0 Å². The van der Waals surface area contributed by atoms with E-state index in [0.29, 0.717) is 0 Å². The monoisotopic (exact) mass is 547 g/mol. The van der Waals surface area contributed by atoms with Crippen LogP contribution in [0.2, 0.25) is 0 Å². The van der Waals surface area contributed by atoms with Crippen molar-refractivity contribution in [1.82, 2.24) is 0 Å². The summed E-state index contributed by atoms with van der Waals surface area (Å²) in [7, 11) is 0. The number of hydrogen-bond donors (Lipinski definition) is 0. The van der Waals surface area contributed by atoms with Crippen LogP contribution in [0.1, 0.15) is 0 Å². The summed E-state index contributed by atoms with van der Waals surface area (Å²) >= 11 is 0. The van der Waals surface area contributed by atoms with E-state index in [1.165, 1.54) is 0 Å². The van der Waals surface area contributed by atoms with Crippen LogP contribution in [0, 0.1) is 0 Å². The van der Waals surface area contributed by atoms with Crippen molar-refractivity contribution >= 4 is 26.2 Å². The van der Waals surface area contributed by atoms with Crippen LogP contribution in [-0.2, 0) is 64.2 Å². The Morgan fingerprint density at radius 3 is 1.00 bits per heavy atom. The zero-order valence-corrected chi connectivity index (χ0v) is 13.9. The Morgan fingerprint density at radius 1 is 1.00 bits per heavy atom. The van der Waals surface area contributed by atoms with E-state index < -0.39 is 0 Å². The van der Waals surface area contributed by atoms with Gasteiger partial charge in [0.05, 0.1) is 0 Å². The Labute approximate surface area is 88.8 Å². The molecule has 0 rings (SSSR count). The Balaban J connectivity index is 0. The molecule has 0 aliphatic carbocycles. The van der Waals surface area contributed by atoms with E-state index >= 15 is 0 Å². The first kappa shape index (κ1) is 28.1. The molecule has 0 fully saturated rings. The second-order valence-electron chi connectivity index (χ2n) is 0. The average Bonchev–Trinajstić information content (AvgIpc) is 0. The Morgan fingerprint density at radius 2 is 1.00 bits per heavy atom. The summed E-state index contributed by atoms with van der Waals surface area (Å²) in [6.45, 7) is 0. The summed E-state index contributed by atoms with van der Waals surface area (Å²) < 4.78 is 0. The van der Waals surface area contributed by atoms with Crippen LogP contribution in [-0.4, -0.2) is 26.2 Å². The number of hydrogen-bond acceptors (Lipinski definition) is 0. The van der Waals surface area contributed by atoms with Crippen molar-refractivity contribution in [2.24, 2.45) is 0 Å². The number of rotatable bonds is 0. The van der Waals surface area contributed by atoms with Gasteiger partial charge in [0, 0.05) is 90.4 Å². The van der Waals surface area contributed by atoms with Gasteiger partial charge in [0.2, 0.25) is 0 Å². The van der Waals surface area contributed by atoms with Crippen molar-refractivity contribution in [3.8, 4) is 0 Å². The molecule has 0 saturated heterocycles. The van der Waals surface area contributed by atoms with Gasteiger partial charge >= 0.3 is 0 Å². The van der Waals surface area contributed by atoms with Gasteiger partial charge in [0.25, 0.3) is 0 Å². The van der Waals surface area contributed by atoms with E-state index in [1.807, 2.05) is 0 Å². The first-order valence-electron chi connectivity index (χ1n) is 0. The SMILES string of the molecule is [Bi].[Nb].[Ta].[Zn]. The summed E-state index contributed by atoms with van der Waals surface area (Å²) in [4.78, 5) is 0. The maximum atomic E-state index is 0. The second kappa shape index (κ2) is 16.7. The van der Waals surface area contributed by atoms with Crippen molar-refractivity contribution in [1.29, 1.82) is 0 Å². The summed E-state index contributed by atoms with van der Waals surface area (Å²) in [5.41, 5.74) is 0. The molecule has 0 amide bonds. The third-order valence-electron chi connectivity index (χ3n) is 0. The molecule has 0 N–H and O–H groups in total. The molecule has 17 valence electrons. The van der Waals surface area contributed by atoms with Crippen molar-refractivity contribution in [3.63, 3.8) is 0 Å². The molecule has 0 aliphatic heterocycles. The third-order valence-corrected chi connectivity index (χ3v) is 0. The second-order valence-corrected chi connectivity index (χ2v) is 0. The van der Waals surface area contributed by atoms with E-state index in [1.54, 1.807) is 0 Å². The van der Waals surface area contributed by atoms with Crippen molar-refractivity contribution < 1.29 is 64.2 Å². The van der Waals surface area contributed by atoms with Crippen LogP contribution < -0.4 is 0 Å². The minimum absolute atomic E-state index is 0. The summed E-state index contributed by atoms with van der Waals surface area (Å²) in [6.07, 6.45) is 0. The van der Waals surface area contributed by atoms with E-state index in [0.717, 1.165) is 0 Å². The molecule has 0 heterocycles. The van der Waals surface area contributed by atoms with Gasteiger partial charge in [-0.25, -0.2) is 0 Å². The molecular weight excluding hydrogens is 548 g/mol. The van der Waals surface area contributed by atoms with E-state index in [2.05, 4.69) is 0 Å². The van der Waals surface area contributed by atoms with Crippen LogP contribution in [0.15, 0.2) is 0 Å². The minimum atomic E-state index is 0. The van der Waals surface area contributed by atoms with Gasteiger partial charge in [-0.1, -0.05) is 0 Å². The predicted molar refractivity (Wildman–Crippen MR) is 5.75 cm³/mol. The van der Waals surface area contributed by atoms with Crippen molar-refractivity contribution in [3.05, 3.63) is 0 Å². The van der Waals surface area contributed by atoms with Gasteiger partial charge in [-0.3, -0.25) is 0 Å². The topological polar surface area (TPSA) is 0 Å². The third kappa shape index (κ3) is 8.89. The Kier molecular flexibility index (Phi) is 117. The molecule has 0 unspecified atom stereocenters. The predicted octanol–water partition coefficient (Wildman–Crippen LogP) is -0.388. The summed E-state index contributed by atoms with van der Waals surface area (Å²) in [5.74, 6) is 0. The van der Waals surface area contributed by atoms with Crippen LogP contribution >= 0.6 is 0 Å². The van der Waals surface area contributed by atoms with E-state index in [-0.39, 0.29) is 90.4 Å². The molecule has 0 saturated carbocycles. The van der Waals surface area contributed by atoms with Crippen LogP contribution in [0.25, 0.3) is 0 Å². The molecule has 0 spiro atoms. The average molecular weight is 548 g/mol. The fraction of sp³-hybridized carbons (Fsp3) is 0. The van der Waals surface area contributed by atoms with Gasteiger partial charge in [-0.15, -0.1) is 0 Å². The standard InChI is InChI=1S/Bi.Nb.Ta.Zn. The molecule has 0 aromatic carbocycles. The zero-order chi connectivity index (χ0) is 0. The van der Waals surface area contributed by atoms with Gasteiger partial charge in [-0.05, 0) is 0 Å². The fourth-order valence-corrected chi connectivity index (χ4v) is 0. The quantitative estimate of drug-likeness (QED) is 0.363.